The Kier molecular flexibility index (Phi) is 5.77. The van der Waals surface area contributed by atoms with Crippen molar-refractivity contribution in [2.75, 3.05) is 25.1 Å². The lowest BCUT2D eigenvalue weighted by molar-refractivity contribution is 0.107. The number of aryl methyl sites for hydroxylation is 2. The summed E-state index contributed by atoms with van der Waals surface area (Å²) in [5, 5.41) is 3.28. The molecule has 0 saturated heterocycles. The number of fused-ring (bicyclic) bond motifs is 1. The maximum atomic E-state index is 6.15. The van der Waals surface area contributed by atoms with Crippen LogP contribution in [0.5, 0.6) is 0 Å². The lowest BCUT2D eigenvalue weighted by Crippen LogP contribution is -2.28. The van der Waals surface area contributed by atoms with Gasteiger partial charge >= 0.3 is 0 Å². The summed E-state index contributed by atoms with van der Waals surface area (Å²) in [4.78, 5) is 4.67. The summed E-state index contributed by atoms with van der Waals surface area (Å²) in [6, 6.07) is 6.57. The Labute approximate surface area is 145 Å². The van der Waals surface area contributed by atoms with Gasteiger partial charge in [-0.25, -0.2) is 0 Å². The summed E-state index contributed by atoms with van der Waals surface area (Å²) in [6.45, 7) is 4.49. The third-order valence-corrected chi connectivity index (χ3v) is 5.60. The zero-order chi connectivity index (χ0) is 16.8. The number of aliphatic imine (C=N–C) groups is 1. The standard InChI is InChI=1S/C20H31N3O/c1-2-24-13-12-20(10-3-4-11-20)15-22-19(21)23-18-9-8-16-6-5-7-17(16)14-18/h8-9,14H,2-7,10-13,15H2,1H3,(H3,21,22,23). The lowest BCUT2D eigenvalue weighted by atomic mass is 9.83. The minimum absolute atomic E-state index is 0.291. The van der Waals surface area contributed by atoms with E-state index in [0.29, 0.717) is 11.4 Å². The fourth-order valence-corrected chi connectivity index (χ4v) is 4.14. The Bertz CT molecular complexity index is 576. The first-order valence-electron chi connectivity index (χ1n) is 9.47. The summed E-state index contributed by atoms with van der Waals surface area (Å²) in [5.41, 5.74) is 10.4. The van der Waals surface area contributed by atoms with E-state index in [0.717, 1.165) is 31.9 Å². The van der Waals surface area contributed by atoms with Gasteiger partial charge in [-0.3, -0.25) is 4.99 Å². The molecule has 4 heteroatoms. The minimum atomic E-state index is 0.291. The zero-order valence-corrected chi connectivity index (χ0v) is 14.9. The van der Waals surface area contributed by atoms with Crippen LogP contribution in [-0.4, -0.2) is 25.7 Å². The normalized spacial score (nSPS) is 19.5. The van der Waals surface area contributed by atoms with E-state index in [1.165, 1.54) is 56.1 Å². The molecule has 132 valence electrons. The van der Waals surface area contributed by atoms with E-state index in [-0.39, 0.29) is 0 Å². The van der Waals surface area contributed by atoms with Gasteiger partial charge in [0.05, 0.1) is 0 Å². The van der Waals surface area contributed by atoms with Crippen LogP contribution < -0.4 is 11.1 Å². The highest BCUT2D eigenvalue weighted by molar-refractivity contribution is 5.92. The van der Waals surface area contributed by atoms with Crippen LogP contribution in [0.4, 0.5) is 5.69 Å². The van der Waals surface area contributed by atoms with Gasteiger partial charge in [-0.15, -0.1) is 0 Å². The fourth-order valence-electron chi connectivity index (χ4n) is 4.14. The van der Waals surface area contributed by atoms with Gasteiger partial charge in [0.2, 0.25) is 0 Å². The second-order valence-corrected chi connectivity index (χ2v) is 7.32. The predicted molar refractivity (Wildman–Crippen MR) is 101 cm³/mol. The number of hydrogen-bond donors (Lipinski definition) is 2. The van der Waals surface area contributed by atoms with Gasteiger partial charge < -0.3 is 15.8 Å². The van der Waals surface area contributed by atoms with Gasteiger partial charge in [-0.2, -0.15) is 0 Å². The van der Waals surface area contributed by atoms with Gasteiger partial charge in [-0.05, 0) is 74.1 Å². The highest BCUT2D eigenvalue weighted by Gasteiger charge is 2.33. The van der Waals surface area contributed by atoms with Crippen LogP contribution in [0, 0.1) is 5.41 Å². The molecule has 2 aliphatic rings. The summed E-state index contributed by atoms with van der Waals surface area (Å²) in [6.07, 6.45) is 9.86. The maximum absolute atomic E-state index is 6.15. The fraction of sp³-hybridized carbons (Fsp3) is 0.650. The number of rotatable bonds is 7. The van der Waals surface area contributed by atoms with Gasteiger partial charge in [0.15, 0.2) is 5.96 Å². The van der Waals surface area contributed by atoms with E-state index in [1.807, 2.05) is 0 Å². The smallest absolute Gasteiger partial charge is 0.193 e. The molecule has 0 bridgehead atoms. The number of hydrogen-bond acceptors (Lipinski definition) is 2. The van der Waals surface area contributed by atoms with E-state index in [1.54, 1.807) is 0 Å². The first-order valence-corrected chi connectivity index (χ1v) is 9.47. The predicted octanol–water partition coefficient (Wildman–Crippen LogP) is 3.89. The number of guanidine groups is 1. The molecule has 0 aromatic heterocycles. The molecule has 1 fully saturated rings. The Morgan fingerprint density at radius 2 is 2.00 bits per heavy atom. The molecular formula is C20H31N3O. The van der Waals surface area contributed by atoms with Crippen molar-refractivity contribution >= 4 is 11.6 Å². The van der Waals surface area contributed by atoms with E-state index in [9.17, 15) is 0 Å². The molecule has 0 atom stereocenters. The van der Waals surface area contributed by atoms with Crippen molar-refractivity contribution in [2.24, 2.45) is 16.1 Å². The molecular weight excluding hydrogens is 298 g/mol. The average Bonchev–Trinajstić information content (AvgIpc) is 3.22. The molecule has 3 N–H and O–H groups in total. The second-order valence-electron chi connectivity index (χ2n) is 7.32. The minimum Gasteiger partial charge on any atom is -0.382 e. The Balaban J connectivity index is 1.58. The van der Waals surface area contributed by atoms with Crippen LogP contribution in [0.3, 0.4) is 0 Å². The van der Waals surface area contributed by atoms with Crippen LogP contribution in [0.25, 0.3) is 0 Å². The molecule has 1 aromatic rings. The molecule has 2 aliphatic carbocycles. The van der Waals surface area contributed by atoms with Crippen molar-refractivity contribution in [2.45, 2.75) is 58.3 Å². The largest absolute Gasteiger partial charge is 0.382 e. The highest BCUT2D eigenvalue weighted by Crippen LogP contribution is 2.41. The summed E-state index contributed by atoms with van der Waals surface area (Å²) >= 11 is 0. The molecule has 0 unspecified atom stereocenters. The first kappa shape index (κ1) is 17.3. The summed E-state index contributed by atoms with van der Waals surface area (Å²) in [7, 11) is 0. The average molecular weight is 329 g/mol. The van der Waals surface area contributed by atoms with Gasteiger partial charge in [0.25, 0.3) is 0 Å². The molecule has 0 amide bonds. The van der Waals surface area contributed by atoms with Crippen molar-refractivity contribution < 1.29 is 4.74 Å². The molecule has 0 radical (unpaired) electrons. The van der Waals surface area contributed by atoms with Gasteiger partial charge in [0.1, 0.15) is 0 Å². The molecule has 1 saturated carbocycles. The Morgan fingerprint density at radius 3 is 2.79 bits per heavy atom. The second kappa shape index (κ2) is 8.02. The molecule has 0 heterocycles. The quantitative estimate of drug-likeness (QED) is 0.453. The number of ether oxygens (including phenoxy) is 1. The Morgan fingerprint density at radius 1 is 1.21 bits per heavy atom. The van der Waals surface area contributed by atoms with Crippen molar-refractivity contribution in [1.82, 2.24) is 0 Å². The molecule has 24 heavy (non-hydrogen) atoms. The zero-order valence-electron chi connectivity index (χ0n) is 14.9. The molecule has 1 aromatic carbocycles. The van der Waals surface area contributed by atoms with E-state index >= 15 is 0 Å². The highest BCUT2D eigenvalue weighted by atomic mass is 16.5. The number of anilines is 1. The van der Waals surface area contributed by atoms with Gasteiger partial charge in [-0.1, -0.05) is 18.9 Å². The van der Waals surface area contributed by atoms with Crippen molar-refractivity contribution in [3.8, 4) is 0 Å². The molecule has 0 spiro atoms. The number of nitrogens with zero attached hydrogens (tertiary/aromatic N) is 1. The summed E-state index contributed by atoms with van der Waals surface area (Å²) in [5.74, 6) is 0.538. The lowest BCUT2D eigenvalue weighted by Gasteiger charge is -2.27. The van der Waals surface area contributed by atoms with E-state index < -0.39 is 0 Å². The summed E-state index contributed by atoms with van der Waals surface area (Å²) < 4.78 is 5.57. The van der Waals surface area contributed by atoms with Crippen LogP contribution in [0.1, 0.15) is 56.6 Å². The van der Waals surface area contributed by atoms with Crippen molar-refractivity contribution in [3.05, 3.63) is 29.3 Å². The van der Waals surface area contributed by atoms with Crippen LogP contribution >= 0.6 is 0 Å². The van der Waals surface area contributed by atoms with Crippen LogP contribution in [0.15, 0.2) is 23.2 Å². The third kappa shape index (κ3) is 4.29. The number of benzene rings is 1. The van der Waals surface area contributed by atoms with E-state index in [4.69, 9.17) is 10.5 Å². The molecule has 3 rings (SSSR count). The topological polar surface area (TPSA) is 59.6 Å². The van der Waals surface area contributed by atoms with Crippen molar-refractivity contribution in [1.29, 1.82) is 0 Å². The van der Waals surface area contributed by atoms with Crippen molar-refractivity contribution in [3.63, 3.8) is 0 Å². The SMILES string of the molecule is CCOCCC1(CN=C(N)Nc2ccc3c(c2)CCC3)CCCC1. The van der Waals surface area contributed by atoms with Crippen LogP contribution in [0.2, 0.25) is 0 Å². The molecule has 4 nitrogen and oxygen atoms in total. The van der Waals surface area contributed by atoms with E-state index in [2.05, 4.69) is 35.4 Å². The maximum Gasteiger partial charge on any atom is 0.193 e. The monoisotopic (exact) mass is 329 g/mol. The number of nitrogens with one attached hydrogen (secondary N) is 1. The number of nitrogens with two attached hydrogens (primary N) is 1. The Hall–Kier alpha value is -1.55. The first-order chi connectivity index (χ1) is 11.7. The molecule has 0 aliphatic heterocycles. The van der Waals surface area contributed by atoms with Gasteiger partial charge in [0, 0.05) is 25.4 Å². The van der Waals surface area contributed by atoms with Crippen LogP contribution in [-0.2, 0) is 17.6 Å². The third-order valence-electron chi connectivity index (χ3n) is 5.60.